The number of rotatable bonds is 4. The lowest BCUT2D eigenvalue weighted by molar-refractivity contribution is 0.132. The van der Waals surface area contributed by atoms with Crippen LogP contribution in [0.1, 0.15) is 36.9 Å². The van der Waals surface area contributed by atoms with E-state index in [1.54, 1.807) is 10.5 Å². The van der Waals surface area contributed by atoms with Crippen molar-refractivity contribution >= 4 is 18.1 Å². The molecule has 0 spiro atoms. The molecule has 1 unspecified atom stereocenters. The van der Waals surface area contributed by atoms with E-state index in [9.17, 15) is 4.79 Å². The molecule has 3 rings (SSSR count). The zero-order valence-corrected chi connectivity index (χ0v) is 14.4. The number of aryl methyl sites for hydroxylation is 1. The maximum absolute atomic E-state index is 12.3. The van der Waals surface area contributed by atoms with Crippen LogP contribution < -0.4 is 11.3 Å². The number of piperidine rings is 1. The second-order valence-corrected chi connectivity index (χ2v) is 6.22. The summed E-state index contributed by atoms with van der Waals surface area (Å²) in [6.07, 6.45) is 6.54. The number of aromatic nitrogens is 2. The third kappa shape index (κ3) is 4.10. The molecule has 1 aliphatic rings. The van der Waals surface area contributed by atoms with Gasteiger partial charge in [-0.15, -0.1) is 12.4 Å². The molecule has 0 radical (unpaired) electrons. The molecule has 2 aromatic heterocycles. The molecule has 0 aliphatic carbocycles. The Morgan fingerprint density at radius 2 is 2.17 bits per heavy atom. The second-order valence-electron chi connectivity index (χ2n) is 6.22. The molecule has 2 aromatic rings. The van der Waals surface area contributed by atoms with E-state index in [1.807, 2.05) is 25.3 Å². The van der Waals surface area contributed by atoms with Gasteiger partial charge in [0.1, 0.15) is 5.65 Å². The monoisotopic (exact) mass is 336 g/mol. The van der Waals surface area contributed by atoms with Gasteiger partial charge in [0.05, 0.1) is 5.69 Å². The number of likely N-dealkylation sites (tertiary alicyclic amines) is 1. The van der Waals surface area contributed by atoms with Crippen LogP contribution in [0.15, 0.2) is 29.2 Å². The molecule has 0 aromatic carbocycles. The summed E-state index contributed by atoms with van der Waals surface area (Å²) in [5, 5.41) is 0. The van der Waals surface area contributed by atoms with Gasteiger partial charge in [-0.2, -0.15) is 0 Å². The van der Waals surface area contributed by atoms with Crippen molar-refractivity contribution in [1.82, 2.24) is 14.3 Å². The zero-order chi connectivity index (χ0) is 15.5. The molecule has 3 heterocycles. The summed E-state index contributed by atoms with van der Waals surface area (Å²) in [5.74, 6) is 0. The van der Waals surface area contributed by atoms with Crippen LogP contribution in [0.25, 0.3) is 5.65 Å². The highest BCUT2D eigenvalue weighted by molar-refractivity contribution is 5.85. The Hall–Kier alpha value is -1.43. The molecule has 0 saturated carbocycles. The van der Waals surface area contributed by atoms with E-state index in [0.29, 0.717) is 12.6 Å². The van der Waals surface area contributed by atoms with Crippen LogP contribution in [0.4, 0.5) is 0 Å². The van der Waals surface area contributed by atoms with Gasteiger partial charge in [-0.25, -0.2) is 4.98 Å². The van der Waals surface area contributed by atoms with Crippen molar-refractivity contribution in [3.63, 3.8) is 0 Å². The first kappa shape index (κ1) is 17.9. The van der Waals surface area contributed by atoms with E-state index in [4.69, 9.17) is 5.73 Å². The van der Waals surface area contributed by atoms with Crippen LogP contribution in [0.3, 0.4) is 0 Å². The summed E-state index contributed by atoms with van der Waals surface area (Å²) in [5.41, 5.74) is 8.37. The number of nitrogens with zero attached hydrogens (tertiary/aromatic N) is 3. The standard InChI is InChI=1S/C17H24N4O.ClH/c1-13-5-6-16-19-14(10-17(22)21(16)11-13)12-20-9-3-2-4-15(20)7-8-18;/h5-6,10-11,15H,2-4,7-9,12,18H2,1H3;1H. The van der Waals surface area contributed by atoms with Gasteiger partial charge >= 0.3 is 0 Å². The fraction of sp³-hybridized carbons (Fsp3) is 0.529. The Balaban J connectivity index is 0.00000192. The average Bonchev–Trinajstić information content (AvgIpc) is 2.50. The quantitative estimate of drug-likeness (QED) is 0.929. The normalized spacial score (nSPS) is 18.8. The van der Waals surface area contributed by atoms with Crippen LogP contribution in [0.2, 0.25) is 0 Å². The van der Waals surface area contributed by atoms with E-state index < -0.39 is 0 Å². The molecule has 126 valence electrons. The maximum Gasteiger partial charge on any atom is 0.258 e. The molecule has 1 aliphatic heterocycles. The van der Waals surface area contributed by atoms with Crippen LogP contribution in [0, 0.1) is 6.92 Å². The van der Waals surface area contributed by atoms with Gasteiger partial charge in [0.25, 0.3) is 5.56 Å². The summed E-state index contributed by atoms with van der Waals surface area (Å²) in [6.45, 7) is 4.50. The van der Waals surface area contributed by atoms with Crippen LogP contribution in [-0.2, 0) is 6.54 Å². The van der Waals surface area contributed by atoms with E-state index in [0.717, 1.165) is 36.4 Å². The SMILES string of the molecule is Cc1ccc2nc(CN3CCCCC3CCN)cc(=O)n2c1.Cl. The van der Waals surface area contributed by atoms with E-state index >= 15 is 0 Å². The smallest absolute Gasteiger partial charge is 0.258 e. The van der Waals surface area contributed by atoms with Gasteiger partial charge in [-0.05, 0) is 50.9 Å². The topological polar surface area (TPSA) is 63.6 Å². The van der Waals surface area contributed by atoms with Crippen molar-refractivity contribution in [1.29, 1.82) is 0 Å². The predicted octanol–water partition coefficient (Wildman–Crippen LogP) is 2.13. The molecule has 1 saturated heterocycles. The molecule has 1 atom stereocenters. The lowest BCUT2D eigenvalue weighted by atomic mass is 9.99. The molecule has 2 N–H and O–H groups in total. The minimum absolute atomic E-state index is 0. The van der Waals surface area contributed by atoms with E-state index in [-0.39, 0.29) is 18.0 Å². The minimum atomic E-state index is -0.00363. The van der Waals surface area contributed by atoms with Gasteiger partial charge in [0, 0.05) is 24.8 Å². The Kier molecular flexibility index (Phi) is 6.16. The lowest BCUT2D eigenvalue weighted by Crippen LogP contribution is -2.40. The van der Waals surface area contributed by atoms with Gasteiger partial charge in [-0.3, -0.25) is 14.1 Å². The molecular formula is C17H25ClN4O. The zero-order valence-electron chi connectivity index (χ0n) is 13.6. The Bertz CT molecular complexity index is 713. The van der Waals surface area contributed by atoms with E-state index in [2.05, 4.69) is 9.88 Å². The third-order valence-corrected chi connectivity index (χ3v) is 4.47. The van der Waals surface area contributed by atoms with Crippen molar-refractivity contribution in [3.05, 3.63) is 46.0 Å². The number of hydrogen-bond acceptors (Lipinski definition) is 4. The van der Waals surface area contributed by atoms with E-state index in [1.165, 1.54) is 19.3 Å². The van der Waals surface area contributed by atoms with Crippen molar-refractivity contribution in [2.24, 2.45) is 5.73 Å². The molecule has 5 nitrogen and oxygen atoms in total. The predicted molar refractivity (Wildman–Crippen MR) is 95.2 cm³/mol. The minimum Gasteiger partial charge on any atom is -0.330 e. The highest BCUT2D eigenvalue weighted by Gasteiger charge is 2.22. The first-order valence-electron chi connectivity index (χ1n) is 8.10. The first-order valence-corrected chi connectivity index (χ1v) is 8.10. The van der Waals surface area contributed by atoms with Crippen molar-refractivity contribution in [2.45, 2.75) is 45.2 Å². The number of fused-ring (bicyclic) bond motifs is 1. The molecule has 1 fully saturated rings. The highest BCUT2D eigenvalue weighted by atomic mass is 35.5. The Labute approximate surface area is 142 Å². The van der Waals surface area contributed by atoms with Crippen LogP contribution in [-0.4, -0.2) is 33.4 Å². The van der Waals surface area contributed by atoms with Gasteiger partial charge in [0.15, 0.2) is 0 Å². The highest BCUT2D eigenvalue weighted by Crippen LogP contribution is 2.21. The molecular weight excluding hydrogens is 312 g/mol. The average molecular weight is 337 g/mol. The van der Waals surface area contributed by atoms with Gasteiger partial charge in [0.2, 0.25) is 0 Å². The van der Waals surface area contributed by atoms with Crippen LogP contribution in [0.5, 0.6) is 0 Å². The summed E-state index contributed by atoms with van der Waals surface area (Å²) < 4.78 is 1.62. The maximum atomic E-state index is 12.3. The van der Waals surface area contributed by atoms with Crippen molar-refractivity contribution in [2.75, 3.05) is 13.1 Å². The third-order valence-electron chi connectivity index (χ3n) is 4.47. The van der Waals surface area contributed by atoms with Crippen molar-refractivity contribution in [3.8, 4) is 0 Å². The fourth-order valence-electron chi connectivity index (χ4n) is 3.33. The van der Waals surface area contributed by atoms with Crippen molar-refractivity contribution < 1.29 is 0 Å². The molecule has 0 bridgehead atoms. The fourth-order valence-corrected chi connectivity index (χ4v) is 3.33. The largest absolute Gasteiger partial charge is 0.330 e. The number of nitrogens with two attached hydrogens (primary N) is 1. The number of hydrogen-bond donors (Lipinski definition) is 1. The summed E-state index contributed by atoms with van der Waals surface area (Å²) >= 11 is 0. The van der Waals surface area contributed by atoms with Gasteiger partial charge in [-0.1, -0.05) is 12.5 Å². The first-order chi connectivity index (χ1) is 10.7. The molecule has 0 amide bonds. The Morgan fingerprint density at radius 1 is 1.35 bits per heavy atom. The Morgan fingerprint density at radius 3 is 2.96 bits per heavy atom. The molecule has 6 heteroatoms. The second kappa shape index (κ2) is 7.90. The van der Waals surface area contributed by atoms with Crippen LogP contribution >= 0.6 is 12.4 Å². The summed E-state index contributed by atoms with van der Waals surface area (Å²) in [7, 11) is 0. The number of pyridine rings is 1. The lowest BCUT2D eigenvalue weighted by Gasteiger charge is -2.35. The summed E-state index contributed by atoms with van der Waals surface area (Å²) in [4.78, 5) is 19.4. The van der Waals surface area contributed by atoms with Gasteiger partial charge < -0.3 is 5.73 Å². The number of halogens is 1. The summed E-state index contributed by atoms with van der Waals surface area (Å²) in [6, 6.07) is 6.09. The molecule has 23 heavy (non-hydrogen) atoms.